The second-order valence-electron chi connectivity index (χ2n) is 5.75. The van der Waals surface area contributed by atoms with E-state index in [-0.39, 0.29) is 0 Å². The normalized spacial score (nSPS) is 18.6. The van der Waals surface area contributed by atoms with E-state index in [1.165, 1.54) is 18.4 Å². The number of rotatable bonds is 3. The number of hydrogen-bond acceptors (Lipinski definition) is 4. The van der Waals surface area contributed by atoms with Crippen LogP contribution in [0.4, 0.5) is 5.82 Å². The van der Waals surface area contributed by atoms with Gasteiger partial charge in [-0.25, -0.2) is 9.97 Å². The molecule has 0 saturated carbocycles. The summed E-state index contributed by atoms with van der Waals surface area (Å²) >= 11 is 0. The van der Waals surface area contributed by atoms with Crippen molar-refractivity contribution in [2.24, 2.45) is 0 Å². The van der Waals surface area contributed by atoms with Gasteiger partial charge in [-0.3, -0.25) is 0 Å². The van der Waals surface area contributed by atoms with E-state index in [2.05, 4.69) is 51.3 Å². The van der Waals surface area contributed by atoms with Crippen LogP contribution in [0.1, 0.15) is 36.9 Å². The topological polar surface area (TPSA) is 52.8 Å². The Bertz CT molecular complexity index is 686. The molecule has 1 saturated heterocycles. The minimum absolute atomic E-state index is 0.319. The van der Waals surface area contributed by atoms with Gasteiger partial charge in [0.25, 0.3) is 0 Å². The fourth-order valence-corrected chi connectivity index (χ4v) is 2.93. The highest BCUT2D eigenvalue weighted by molar-refractivity contribution is 5.52. The van der Waals surface area contributed by atoms with Crippen LogP contribution in [0.5, 0.6) is 0 Å². The minimum atomic E-state index is 0.319. The van der Waals surface area contributed by atoms with Crippen LogP contribution in [0.25, 0.3) is 6.08 Å². The molecule has 1 aliphatic rings. The van der Waals surface area contributed by atoms with Gasteiger partial charge in [-0.1, -0.05) is 55.3 Å². The average molecular weight is 304 g/mol. The molecule has 0 radical (unpaired) electrons. The molecule has 2 heterocycles. The van der Waals surface area contributed by atoms with E-state index in [1.807, 2.05) is 12.1 Å². The van der Waals surface area contributed by atoms with E-state index < -0.39 is 0 Å². The highest BCUT2D eigenvalue weighted by Gasteiger charge is 2.20. The predicted molar refractivity (Wildman–Crippen MR) is 91.8 cm³/mol. The second kappa shape index (κ2) is 7.55. The quantitative estimate of drug-likeness (QED) is 0.865. The lowest BCUT2D eigenvalue weighted by Gasteiger charge is -2.28. The van der Waals surface area contributed by atoms with Crippen molar-refractivity contribution < 1.29 is 0 Å². The first-order valence-electron chi connectivity index (χ1n) is 8.09. The summed E-state index contributed by atoms with van der Waals surface area (Å²) in [7, 11) is 0. The lowest BCUT2D eigenvalue weighted by molar-refractivity contribution is 0.659. The van der Waals surface area contributed by atoms with Crippen LogP contribution in [-0.2, 0) is 0 Å². The Kier molecular flexibility index (Phi) is 5.00. The third-order valence-corrected chi connectivity index (χ3v) is 4.16. The molecule has 1 unspecified atom stereocenters. The zero-order valence-electron chi connectivity index (χ0n) is 13.1. The summed E-state index contributed by atoms with van der Waals surface area (Å²) in [6, 6.07) is 12.7. The largest absolute Gasteiger partial charge is 0.349 e. The molecule has 0 aliphatic carbocycles. The molecule has 0 N–H and O–H groups in total. The van der Waals surface area contributed by atoms with Crippen LogP contribution < -0.4 is 4.90 Å². The molecule has 3 rings (SSSR count). The number of benzene rings is 1. The van der Waals surface area contributed by atoms with Crippen molar-refractivity contribution in [1.29, 1.82) is 5.26 Å². The van der Waals surface area contributed by atoms with Crippen molar-refractivity contribution in [2.75, 3.05) is 11.4 Å². The first-order chi connectivity index (χ1) is 11.4. The van der Waals surface area contributed by atoms with E-state index in [0.717, 1.165) is 25.2 Å². The molecule has 4 heteroatoms. The van der Waals surface area contributed by atoms with Crippen LogP contribution in [0.2, 0.25) is 0 Å². The zero-order valence-corrected chi connectivity index (χ0v) is 13.1. The van der Waals surface area contributed by atoms with Gasteiger partial charge in [-0.15, -0.1) is 0 Å². The summed E-state index contributed by atoms with van der Waals surface area (Å²) in [5.74, 6) is 0.855. The predicted octanol–water partition coefficient (Wildman–Crippen LogP) is 3.81. The Morgan fingerprint density at radius 1 is 1.09 bits per heavy atom. The monoisotopic (exact) mass is 304 g/mol. The maximum absolute atomic E-state index is 8.87. The highest BCUT2D eigenvalue weighted by atomic mass is 15.2. The first kappa shape index (κ1) is 15.2. The van der Waals surface area contributed by atoms with Gasteiger partial charge in [0.1, 0.15) is 11.9 Å². The smallest absolute Gasteiger partial charge is 0.158 e. The molecule has 0 spiro atoms. The van der Waals surface area contributed by atoms with Gasteiger partial charge in [0.15, 0.2) is 5.69 Å². The molecule has 1 aromatic heterocycles. The Morgan fingerprint density at radius 3 is 2.70 bits per heavy atom. The van der Waals surface area contributed by atoms with Crippen molar-refractivity contribution in [2.45, 2.75) is 31.7 Å². The minimum Gasteiger partial charge on any atom is -0.349 e. The van der Waals surface area contributed by atoms with E-state index >= 15 is 0 Å². The zero-order chi connectivity index (χ0) is 15.9. The van der Waals surface area contributed by atoms with Crippen LogP contribution in [0.3, 0.4) is 0 Å². The van der Waals surface area contributed by atoms with E-state index in [0.29, 0.717) is 11.7 Å². The van der Waals surface area contributed by atoms with Gasteiger partial charge in [0.2, 0.25) is 0 Å². The van der Waals surface area contributed by atoms with Crippen LogP contribution in [0, 0.1) is 11.3 Å². The Hall–Kier alpha value is -2.67. The Balaban J connectivity index is 1.82. The highest BCUT2D eigenvalue weighted by Crippen LogP contribution is 2.23. The summed E-state index contributed by atoms with van der Waals surface area (Å²) in [6.07, 6.45) is 12.5. The summed E-state index contributed by atoms with van der Waals surface area (Å²) < 4.78 is 0. The van der Waals surface area contributed by atoms with Gasteiger partial charge in [-0.05, 0) is 18.4 Å². The third-order valence-electron chi connectivity index (χ3n) is 4.16. The first-order valence-corrected chi connectivity index (χ1v) is 8.09. The lowest BCUT2D eigenvalue weighted by Crippen LogP contribution is -2.34. The molecular formula is C19H20N4. The number of nitriles is 1. The molecule has 23 heavy (non-hydrogen) atoms. The van der Waals surface area contributed by atoms with Crippen molar-refractivity contribution in [3.63, 3.8) is 0 Å². The molecule has 4 nitrogen and oxygen atoms in total. The van der Waals surface area contributed by atoms with E-state index in [9.17, 15) is 0 Å². The number of nitrogens with zero attached hydrogens (tertiary/aromatic N) is 4. The van der Waals surface area contributed by atoms with Crippen molar-refractivity contribution in [3.05, 3.63) is 60.1 Å². The molecule has 1 aromatic carbocycles. The Labute approximate surface area is 137 Å². The van der Waals surface area contributed by atoms with Crippen LogP contribution >= 0.6 is 0 Å². The summed E-state index contributed by atoms with van der Waals surface area (Å²) in [5.41, 5.74) is 1.57. The van der Waals surface area contributed by atoms with Gasteiger partial charge in [0, 0.05) is 12.6 Å². The van der Waals surface area contributed by atoms with Gasteiger partial charge in [-0.2, -0.15) is 5.26 Å². The van der Waals surface area contributed by atoms with Gasteiger partial charge >= 0.3 is 0 Å². The number of hydrogen-bond donors (Lipinski definition) is 0. The van der Waals surface area contributed by atoms with Crippen LogP contribution in [-0.4, -0.2) is 22.6 Å². The molecule has 116 valence electrons. The maximum Gasteiger partial charge on any atom is 0.158 e. The van der Waals surface area contributed by atoms with Crippen LogP contribution in [0.15, 0.2) is 48.8 Å². The van der Waals surface area contributed by atoms with Gasteiger partial charge in [0.05, 0.1) is 12.4 Å². The summed E-state index contributed by atoms with van der Waals surface area (Å²) in [5, 5.41) is 8.87. The van der Waals surface area contributed by atoms with Crippen molar-refractivity contribution >= 4 is 11.9 Å². The second-order valence-corrected chi connectivity index (χ2v) is 5.75. The van der Waals surface area contributed by atoms with Gasteiger partial charge < -0.3 is 4.90 Å². The SMILES string of the molecule is N#Cc1cnc(N2CCCCCC2/C=C/c2ccccc2)cn1. The fourth-order valence-electron chi connectivity index (χ4n) is 2.93. The van der Waals surface area contributed by atoms with E-state index in [4.69, 9.17) is 5.26 Å². The fraction of sp³-hybridized carbons (Fsp3) is 0.316. The molecule has 2 aromatic rings. The summed E-state index contributed by atoms with van der Waals surface area (Å²) in [6.45, 7) is 0.977. The maximum atomic E-state index is 8.87. The molecular weight excluding hydrogens is 284 g/mol. The molecule has 0 amide bonds. The van der Waals surface area contributed by atoms with E-state index in [1.54, 1.807) is 12.4 Å². The number of anilines is 1. The summed E-state index contributed by atoms with van der Waals surface area (Å²) in [4.78, 5) is 10.9. The standard InChI is InChI=1S/C19H20N4/c20-13-17-14-22-19(15-21-17)23-12-6-2-5-9-18(23)11-10-16-7-3-1-4-8-16/h1,3-4,7-8,10-11,14-15,18H,2,5-6,9,12H2/b11-10+. The Morgan fingerprint density at radius 2 is 1.96 bits per heavy atom. The molecule has 1 atom stereocenters. The van der Waals surface area contributed by atoms with Crippen molar-refractivity contribution in [3.8, 4) is 6.07 Å². The molecule has 1 aliphatic heterocycles. The lowest BCUT2D eigenvalue weighted by atomic mass is 10.1. The average Bonchev–Trinajstić information content (AvgIpc) is 2.86. The number of aromatic nitrogens is 2. The van der Waals surface area contributed by atoms with Crippen molar-refractivity contribution in [1.82, 2.24) is 9.97 Å². The third kappa shape index (κ3) is 3.95. The molecule has 0 bridgehead atoms. The molecule has 1 fully saturated rings.